The minimum Gasteiger partial charge on any atom is -0.444 e. The van der Waals surface area contributed by atoms with Gasteiger partial charge in [-0.2, -0.15) is 14.7 Å². The first-order valence-electron chi connectivity index (χ1n) is 9.91. The lowest BCUT2D eigenvalue weighted by atomic mass is 10.0. The fraction of sp³-hybridized carbons (Fsp3) is 0.500. The number of carbonyl (C=O) groups is 1. The largest absolute Gasteiger partial charge is 0.444 e. The summed E-state index contributed by atoms with van der Waals surface area (Å²) in [6, 6.07) is 0. The molecule has 0 aliphatic carbocycles. The van der Waals surface area contributed by atoms with Crippen molar-refractivity contribution in [3.05, 3.63) is 28.8 Å². The third kappa shape index (κ3) is 4.00. The van der Waals surface area contributed by atoms with Crippen LogP contribution in [-0.4, -0.2) is 54.1 Å². The van der Waals surface area contributed by atoms with Crippen LogP contribution in [-0.2, 0) is 18.2 Å². The number of aromatic nitrogens is 5. The van der Waals surface area contributed by atoms with Crippen molar-refractivity contribution in [2.75, 3.05) is 18.8 Å². The first-order valence-corrected chi connectivity index (χ1v) is 10.7. The number of carbonyl (C=O) groups excluding carboxylic acids is 1. The number of nitrogen functional groups attached to an aromatic ring is 1. The molecular formula is C20H26BrN7O2. The number of rotatable bonds is 3. The topological polar surface area (TPSA) is 104 Å². The molecule has 10 heteroatoms. The number of likely N-dealkylation sites (tertiary alicyclic amines) is 1. The molecule has 0 aromatic carbocycles. The predicted octanol–water partition coefficient (Wildman–Crippen LogP) is 3.27. The molecule has 4 heterocycles. The molecule has 30 heavy (non-hydrogen) atoms. The van der Waals surface area contributed by atoms with Gasteiger partial charge in [0.05, 0.1) is 22.6 Å². The molecule has 9 nitrogen and oxygen atoms in total. The second-order valence-electron chi connectivity index (χ2n) is 8.74. The maximum atomic E-state index is 12.4. The summed E-state index contributed by atoms with van der Waals surface area (Å²) < 4.78 is 9.62. The Labute approximate surface area is 183 Å². The fourth-order valence-corrected chi connectivity index (χ4v) is 4.13. The van der Waals surface area contributed by atoms with E-state index in [4.69, 9.17) is 15.5 Å². The third-order valence-corrected chi connectivity index (χ3v) is 5.99. The van der Waals surface area contributed by atoms with Crippen LogP contribution in [0, 0.1) is 5.92 Å². The van der Waals surface area contributed by atoms with Gasteiger partial charge >= 0.3 is 6.09 Å². The molecule has 0 spiro atoms. The van der Waals surface area contributed by atoms with E-state index in [1.54, 1.807) is 26.5 Å². The van der Waals surface area contributed by atoms with Crippen LogP contribution in [0.3, 0.4) is 0 Å². The molecule has 0 radical (unpaired) electrons. The number of hydrogen-bond acceptors (Lipinski definition) is 6. The van der Waals surface area contributed by atoms with Gasteiger partial charge in [-0.25, -0.2) is 9.78 Å². The van der Waals surface area contributed by atoms with Crippen LogP contribution in [0.2, 0.25) is 0 Å². The maximum absolute atomic E-state index is 12.4. The van der Waals surface area contributed by atoms with Crippen LogP contribution in [0.1, 0.15) is 32.9 Å². The van der Waals surface area contributed by atoms with Crippen LogP contribution in [0.4, 0.5) is 10.6 Å². The second-order valence-corrected chi connectivity index (χ2v) is 9.53. The van der Waals surface area contributed by atoms with Gasteiger partial charge in [-0.15, -0.1) is 0 Å². The summed E-state index contributed by atoms with van der Waals surface area (Å²) in [7, 11) is 1.87. The number of anilines is 1. The summed E-state index contributed by atoms with van der Waals surface area (Å²) in [6.07, 6.45) is 6.80. The van der Waals surface area contributed by atoms with Crippen LogP contribution in [0.5, 0.6) is 0 Å². The Bertz CT molecular complexity index is 1100. The summed E-state index contributed by atoms with van der Waals surface area (Å²) in [6.45, 7) is 6.96. The number of nitrogens with two attached hydrogens (primary N) is 1. The van der Waals surface area contributed by atoms with Gasteiger partial charge in [0.2, 0.25) is 0 Å². The minimum absolute atomic E-state index is 0.262. The molecule has 1 unspecified atom stereocenters. The highest BCUT2D eigenvalue weighted by molar-refractivity contribution is 9.10. The van der Waals surface area contributed by atoms with Gasteiger partial charge in [0.15, 0.2) is 5.65 Å². The lowest BCUT2D eigenvalue weighted by Gasteiger charge is -2.24. The number of amides is 1. The smallest absolute Gasteiger partial charge is 0.410 e. The fourth-order valence-electron chi connectivity index (χ4n) is 3.71. The average molecular weight is 476 g/mol. The number of ether oxygens (including phenoxy) is 1. The van der Waals surface area contributed by atoms with Crippen LogP contribution < -0.4 is 5.73 Å². The normalized spacial score (nSPS) is 17.1. The Morgan fingerprint density at radius 3 is 2.77 bits per heavy atom. The summed E-state index contributed by atoms with van der Waals surface area (Å²) in [4.78, 5) is 19.0. The standard InChI is InChI=1S/C20H26BrN7O2/c1-20(2,3)30-19(29)27-6-5-12(10-27)7-15-16(21)17(22)28-18(25-15)14(9-24-28)13-8-23-26(4)11-13/h8-9,11-12H,5-7,10,22H2,1-4H3. The molecule has 4 rings (SSSR count). The quantitative estimate of drug-likeness (QED) is 0.623. The van der Waals surface area contributed by atoms with Gasteiger partial charge < -0.3 is 15.4 Å². The van der Waals surface area contributed by atoms with Crippen molar-refractivity contribution in [2.24, 2.45) is 13.0 Å². The van der Waals surface area contributed by atoms with Crippen molar-refractivity contribution < 1.29 is 9.53 Å². The highest BCUT2D eigenvalue weighted by Crippen LogP contribution is 2.32. The Morgan fingerprint density at radius 2 is 2.10 bits per heavy atom. The van der Waals surface area contributed by atoms with Crippen LogP contribution >= 0.6 is 15.9 Å². The first kappa shape index (κ1) is 20.6. The summed E-state index contributed by atoms with van der Waals surface area (Å²) in [5.41, 5.74) is 9.22. The second kappa shape index (κ2) is 7.57. The van der Waals surface area contributed by atoms with Crippen molar-refractivity contribution >= 4 is 33.5 Å². The van der Waals surface area contributed by atoms with Crippen LogP contribution in [0.25, 0.3) is 16.8 Å². The number of aryl methyl sites for hydroxylation is 1. The zero-order chi connectivity index (χ0) is 21.6. The Kier molecular flexibility index (Phi) is 5.21. The number of nitrogens with zero attached hydrogens (tertiary/aromatic N) is 6. The number of hydrogen-bond donors (Lipinski definition) is 1. The van der Waals surface area contributed by atoms with E-state index in [0.29, 0.717) is 31.0 Å². The summed E-state index contributed by atoms with van der Waals surface area (Å²) >= 11 is 3.59. The molecule has 0 bridgehead atoms. The monoisotopic (exact) mass is 475 g/mol. The average Bonchev–Trinajstić information content (AvgIpc) is 3.37. The molecule has 2 N–H and O–H groups in total. The lowest BCUT2D eigenvalue weighted by molar-refractivity contribution is 0.0288. The van der Waals surface area contributed by atoms with E-state index >= 15 is 0 Å². The SMILES string of the molecule is Cn1cc(-c2cnn3c(N)c(Br)c(CC4CCN(C(=O)OC(C)(C)C)C4)nc23)cn1. The van der Waals surface area contributed by atoms with E-state index in [9.17, 15) is 4.79 Å². The molecule has 1 atom stereocenters. The van der Waals surface area contributed by atoms with E-state index in [0.717, 1.165) is 27.7 Å². The van der Waals surface area contributed by atoms with Crippen molar-refractivity contribution in [1.82, 2.24) is 29.3 Å². The zero-order valence-electron chi connectivity index (χ0n) is 17.6. The van der Waals surface area contributed by atoms with Crippen LogP contribution in [0.15, 0.2) is 23.1 Å². The van der Waals surface area contributed by atoms with E-state index in [2.05, 4.69) is 26.1 Å². The van der Waals surface area contributed by atoms with Gasteiger partial charge in [0.25, 0.3) is 0 Å². The summed E-state index contributed by atoms with van der Waals surface area (Å²) in [5, 5.41) is 8.64. The molecule has 0 saturated carbocycles. The van der Waals surface area contributed by atoms with Crippen molar-refractivity contribution in [3.8, 4) is 11.1 Å². The maximum Gasteiger partial charge on any atom is 0.410 e. The van der Waals surface area contributed by atoms with E-state index in [1.165, 1.54) is 0 Å². The molecule has 3 aromatic heterocycles. The van der Waals surface area contributed by atoms with E-state index < -0.39 is 5.60 Å². The number of fused-ring (bicyclic) bond motifs is 1. The van der Waals surface area contributed by atoms with Gasteiger partial charge in [-0.05, 0) is 55.5 Å². The van der Waals surface area contributed by atoms with Gasteiger partial charge in [-0.1, -0.05) is 0 Å². The van der Waals surface area contributed by atoms with Gasteiger partial charge in [0.1, 0.15) is 11.4 Å². The van der Waals surface area contributed by atoms with E-state index in [-0.39, 0.29) is 12.0 Å². The number of halogens is 1. The zero-order valence-corrected chi connectivity index (χ0v) is 19.2. The molecule has 1 aliphatic heterocycles. The van der Waals surface area contributed by atoms with Crippen molar-refractivity contribution in [3.63, 3.8) is 0 Å². The van der Waals surface area contributed by atoms with E-state index in [1.807, 2.05) is 34.0 Å². The Morgan fingerprint density at radius 1 is 1.33 bits per heavy atom. The summed E-state index contributed by atoms with van der Waals surface area (Å²) in [5.74, 6) is 0.792. The van der Waals surface area contributed by atoms with Crippen molar-refractivity contribution in [1.29, 1.82) is 0 Å². The predicted molar refractivity (Wildman–Crippen MR) is 117 cm³/mol. The molecular weight excluding hydrogens is 450 g/mol. The molecule has 1 aliphatic rings. The van der Waals surface area contributed by atoms with Gasteiger partial charge in [-0.3, -0.25) is 4.68 Å². The minimum atomic E-state index is -0.496. The molecule has 3 aromatic rings. The Balaban J connectivity index is 1.57. The molecule has 1 amide bonds. The Hall–Kier alpha value is -2.62. The lowest BCUT2D eigenvalue weighted by Crippen LogP contribution is -2.35. The molecule has 1 saturated heterocycles. The molecule has 160 valence electrons. The van der Waals surface area contributed by atoms with Gasteiger partial charge in [0, 0.05) is 37.5 Å². The third-order valence-electron chi connectivity index (χ3n) is 5.13. The molecule has 1 fully saturated rings. The first-order chi connectivity index (χ1) is 14.1. The highest BCUT2D eigenvalue weighted by atomic mass is 79.9. The highest BCUT2D eigenvalue weighted by Gasteiger charge is 2.31. The van der Waals surface area contributed by atoms with Crippen molar-refractivity contribution in [2.45, 2.75) is 39.2 Å².